The monoisotopic (exact) mass is 326 g/mol. The summed E-state index contributed by atoms with van der Waals surface area (Å²) in [6.45, 7) is 5.56. The van der Waals surface area contributed by atoms with Gasteiger partial charge in [0.15, 0.2) is 6.10 Å². The molecule has 0 aliphatic carbocycles. The van der Waals surface area contributed by atoms with Crippen molar-refractivity contribution in [2.75, 3.05) is 13.7 Å². The van der Waals surface area contributed by atoms with Crippen molar-refractivity contribution in [2.24, 2.45) is 0 Å². The lowest BCUT2D eigenvalue weighted by atomic mass is 10.1. The van der Waals surface area contributed by atoms with Crippen LogP contribution in [-0.2, 0) is 9.53 Å². The number of hydrogen-bond acceptors (Lipinski definition) is 4. The lowest BCUT2D eigenvalue weighted by Crippen LogP contribution is -2.50. The Morgan fingerprint density at radius 1 is 1.33 bits per heavy atom. The molecule has 5 nitrogen and oxygen atoms in total. The van der Waals surface area contributed by atoms with Gasteiger partial charge in [-0.3, -0.25) is 9.78 Å². The molecule has 1 N–H and O–H groups in total. The molecule has 1 unspecified atom stereocenters. The van der Waals surface area contributed by atoms with Gasteiger partial charge in [-0.25, -0.2) is 0 Å². The third-order valence-corrected chi connectivity index (χ3v) is 3.37. The Balaban J connectivity index is 2.16. The van der Waals surface area contributed by atoms with Crippen molar-refractivity contribution < 1.29 is 14.3 Å². The summed E-state index contributed by atoms with van der Waals surface area (Å²) in [5.74, 6) is 6.08. The highest BCUT2D eigenvalue weighted by molar-refractivity contribution is 5.84. The number of pyridine rings is 1. The van der Waals surface area contributed by atoms with Crippen LogP contribution in [0, 0.1) is 11.8 Å². The summed E-state index contributed by atoms with van der Waals surface area (Å²) in [5.41, 5.74) is -0.630. The van der Waals surface area contributed by atoms with Crippen molar-refractivity contribution in [2.45, 2.75) is 32.4 Å². The van der Waals surface area contributed by atoms with Gasteiger partial charge in [0.1, 0.15) is 5.75 Å². The highest BCUT2D eigenvalue weighted by atomic mass is 16.5. The zero-order chi connectivity index (χ0) is 17.6. The Kier molecular flexibility index (Phi) is 5.78. The maximum absolute atomic E-state index is 12.5. The molecular weight excluding hydrogens is 304 g/mol. The first-order valence-electron chi connectivity index (χ1n) is 7.70. The Bertz CT molecular complexity index is 775. The lowest BCUT2D eigenvalue weighted by molar-refractivity contribution is -0.131. The highest BCUT2D eigenvalue weighted by Gasteiger charge is 2.26. The quantitative estimate of drug-likeness (QED) is 0.829. The topological polar surface area (TPSA) is 60.5 Å². The first-order chi connectivity index (χ1) is 11.4. The third kappa shape index (κ3) is 4.71. The summed E-state index contributed by atoms with van der Waals surface area (Å²) in [4.78, 5) is 16.6. The molecule has 2 aromatic rings. The molecule has 126 valence electrons. The SMILES string of the molecule is CC#CC(C)(C)NC(=O)C(COC)Oc1ccc2ccncc2c1. The number of ether oxygens (including phenoxy) is 2. The first kappa shape index (κ1) is 17.8. The van der Waals surface area contributed by atoms with Crippen molar-refractivity contribution in [1.29, 1.82) is 0 Å². The molecule has 0 aliphatic rings. The number of nitrogens with one attached hydrogen (secondary N) is 1. The zero-order valence-corrected chi connectivity index (χ0v) is 14.4. The number of carbonyl (C=O) groups excluding carboxylic acids is 1. The Hall–Kier alpha value is -2.58. The first-order valence-corrected chi connectivity index (χ1v) is 7.70. The molecule has 0 radical (unpaired) electrons. The number of benzene rings is 1. The fourth-order valence-electron chi connectivity index (χ4n) is 2.35. The van der Waals surface area contributed by atoms with E-state index in [0.717, 1.165) is 10.8 Å². The summed E-state index contributed by atoms with van der Waals surface area (Å²) in [5, 5.41) is 4.88. The molecule has 24 heavy (non-hydrogen) atoms. The average Bonchev–Trinajstić information content (AvgIpc) is 2.53. The van der Waals surface area contributed by atoms with Gasteiger partial charge in [0, 0.05) is 24.9 Å². The van der Waals surface area contributed by atoms with E-state index in [2.05, 4.69) is 22.1 Å². The largest absolute Gasteiger partial charge is 0.478 e. The molecule has 2 rings (SSSR count). The van der Waals surface area contributed by atoms with Crippen LogP contribution in [0.15, 0.2) is 36.7 Å². The van der Waals surface area contributed by atoms with Gasteiger partial charge in [0.05, 0.1) is 12.1 Å². The number of aromatic nitrogens is 1. The van der Waals surface area contributed by atoms with Crippen molar-refractivity contribution >= 4 is 16.7 Å². The van der Waals surface area contributed by atoms with E-state index in [1.807, 2.05) is 38.1 Å². The van der Waals surface area contributed by atoms with Crippen LogP contribution in [-0.4, -0.2) is 36.3 Å². The minimum Gasteiger partial charge on any atom is -0.478 e. The van der Waals surface area contributed by atoms with Crippen molar-refractivity contribution in [3.8, 4) is 17.6 Å². The fourth-order valence-corrected chi connectivity index (χ4v) is 2.35. The van der Waals surface area contributed by atoms with Gasteiger partial charge in [-0.05, 0) is 44.4 Å². The van der Waals surface area contributed by atoms with E-state index in [4.69, 9.17) is 9.47 Å². The summed E-state index contributed by atoms with van der Waals surface area (Å²) in [6.07, 6.45) is 2.73. The van der Waals surface area contributed by atoms with Crippen molar-refractivity contribution in [3.63, 3.8) is 0 Å². The van der Waals surface area contributed by atoms with Crippen LogP contribution in [0.3, 0.4) is 0 Å². The van der Waals surface area contributed by atoms with Crippen LogP contribution in [0.1, 0.15) is 20.8 Å². The second-order valence-electron chi connectivity index (χ2n) is 5.94. The average molecular weight is 326 g/mol. The normalized spacial score (nSPS) is 12.2. The minimum absolute atomic E-state index is 0.145. The van der Waals surface area contributed by atoms with E-state index in [1.165, 1.54) is 7.11 Å². The van der Waals surface area contributed by atoms with E-state index >= 15 is 0 Å². The molecule has 0 bridgehead atoms. The van der Waals surface area contributed by atoms with Gasteiger partial charge >= 0.3 is 0 Å². The summed E-state index contributed by atoms with van der Waals surface area (Å²) in [7, 11) is 1.53. The number of amides is 1. The van der Waals surface area contributed by atoms with Gasteiger partial charge in [-0.1, -0.05) is 12.0 Å². The predicted molar refractivity (Wildman–Crippen MR) is 93.7 cm³/mol. The van der Waals surface area contributed by atoms with Gasteiger partial charge < -0.3 is 14.8 Å². The van der Waals surface area contributed by atoms with E-state index in [0.29, 0.717) is 5.75 Å². The smallest absolute Gasteiger partial charge is 0.264 e. The molecular formula is C19H22N2O3. The number of carbonyl (C=O) groups is 1. The molecule has 1 atom stereocenters. The highest BCUT2D eigenvalue weighted by Crippen LogP contribution is 2.21. The Morgan fingerprint density at radius 3 is 2.83 bits per heavy atom. The standard InChI is InChI=1S/C19H22N2O3/c1-5-9-19(2,3)21-18(22)17(13-23-4)24-16-7-6-14-8-10-20-12-15(14)11-16/h6-8,10-12,17H,13H2,1-4H3,(H,21,22). The minimum atomic E-state index is -0.762. The van der Waals surface area contributed by atoms with Crippen LogP contribution < -0.4 is 10.1 Å². The molecule has 5 heteroatoms. The Labute approximate surface area is 142 Å². The molecule has 1 amide bonds. The van der Waals surface area contributed by atoms with Gasteiger partial charge in [0.25, 0.3) is 5.91 Å². The lowest BCUT2D eigenvalue weighted by Gasteiger charge is -2.24. The number of hydrogen-bond donors (Lipinski definition) is 1. The number of rotatable bonds is 6. The molecule has 1 heterocycles. The second-order valence-corrected chi connectivity index (χ2v) is 5.94. The van der Waals surface area contributed by atoms with Gasteiger partial charge in [0.2, 0.25) is 0 Å². The number of methoxy groups -OCH3 is 1. The number of fused-ring (bicyclic) bond motifs is 1. The van der Waals surface area contributed by atoms with Crippen molar-refractivity contribution in [3.05, 3.63) is 36.7 Å². The predicted octanol–water partition coefficient (Wildman–Crippen LogP) is 2.55. The molecule has 0 fully saturated rings. The zero-order valence-electron chi connectivity index (χ0n) is 14.4. The van der Waals surface area contributed by atoms with Crippen LogP contribution in [0.4, 0.5) is 0 Å². The maximum Gasteiger partial charge on any atom is 0.264 e. The number of nitrogens with zero attached hydrogens (tertiary/aromatic N) is 1. The summed E-state index contributed by atoms with van der Waals surface area (Å²) in [6, 6.07) is 7.54. The molecule has 0 aliphatic heterocycles. The van der Waals surface area contributed by atoms with Gasteiger partial charge in [-0.2, -0.15) is 0 Å². The van der Waals surface area contributed by atoms with Crippen LogP contribution in [0.25, 0.3) is 10.8 Å². The van der Waals surface area contributed by atoms with Crippen LogP contribution >= 0.6 is 0 Å². The summed E-state index contributed by atoms with van der Waals surface area (Å²) < 4.78 is 11.0. The second kappa shape index (κ2) is 7.80. The van der Waals surface area contributed by atoms with Gasteiger partial charge in [-0.15, -0.1) is 5.92 Å². The van der Waals surface area contributed by atoms with E-state index < -0.39 is 11.6 Å². The molecule has 1 aromatic carbocycles. The fraction of sp³-hybridized carbons (Fsp3) is 0.368. The molecule has 0 spiro atoms. The maximum atomic E-state index is 12.5. The van der Waals surface area contributed by atoms with E-state index in [-0.39, 0.29) is 12.5 Å². The summed E-state index contributed by atoms with van der Waals surface area (Å²) >= 11 is 0. The molecule has 1 aromatic heterocycles. The van der Waals surface area contributed by atoms with E-state index in [1.54, 1.807) is 19.3 Å². The molecule has 0 saturated heterocycles. The molecule has 0 saturated carbocycles. The Morgan fingerprint density at radius 2 is 2.12 bits per heavy atom. The van der Waals surface area contributed by atoms with E-state index in [9.17, 15) is 4.79 Å². The third-order valence-electron chi connectivity index (χ3n) is 3.37. The van der Waals surface area contributed by atoms with Crippen LogP contribution in [0.5, 0.6) is 5.75 Å². The van der Waals surface area contributed by atoms with Crippen molar-refractivity contribution in [1.82, 2.24) is 10.3 Å². The van der Waals surface area contributed by atoms with Crippen LogP contribution in [0.2, 0.25) is 0 Å².